The molecule has 65 heavy (non-hydrogen) atoms. The number of ether oxygens (including phenoxy) is 6. The Morgan fingerprint density at radius 2 is 1.95 bits per heavy atom. The number of aromatic hydroxyl groups is 1. The molecule has 7 rings (SSSR count). The van der Waals surface area contributed by atoms with Crippen molar-refractivity contribution in [2.75, 3.05) is 45.6 Å². The molecule has 20 heteroatoms. The third-order valence-electron chi connectivity index (χ3n) is 11.8. The Morgan fingerprint density at radius 1 is 1.15 bits per heavy atom. The molecule has 16 nitrogen and oxygen atoms in total. The summed E-state index contributed by atoms with van der Waals surface area (Å²) >= 11 is 1.06. The average Bonchev–Trinajstić information content (AvgIpc) is 3.67. The molecule has 0 saturated carbocycles. The number of amides is 1. The number of carbonyl (C=O) groups excluding carboxylic acids is 3. The predicted octanol–water partition coefficient (Wildman–Crippen LogP) is 3.77. The number of aromatic amines is 1. The summed E-state index contributed by atoms with van der Waals surface area (Å²) < 4.78 is 35.5. The number of aliphatic hydroxyl groups is 2. The number of alkyl carbamates (subject to hydrolysis) is 1. The topological polar surface area (TPSA) is 225 Å². The number of likely N-dealkylation sites (N-methyl/N-ethyl adjacent to an activating group) is 1. The molecule has 10 atom stereocenters. The van der Waals surface area contributed by atoms with Crippen molar-refractivity contribution in [3.05, 3.63) is 71.2 Å². The third-order valence-corrected chi connectivity index (χ3v) is 16.9. The zero-order chi connectivity index (χ0) is 46.5. The largest absolute Gasteiger partial charge is 0.508 e. The molecule has 0 radical (unpaired) electrons. The van der Waals surface area contributed by atoms with Crippen LogP contribution in [-0.2, 0) is 33.2 Å². The highest BCUT2D eigenvalue weighted by Gasteiger charge is 2.61. The lowest BCUT2D eigenvalue weighted by Gasteiger charge is -2.51. The summed E-state index contributed by atoms with van der Waals surface area (Å²) in [6, 6.07) is 6.52. The first-order valence-electron chi connectivity index (χ1n) is 20.7. The Hall–Kier alpha value is -4.00. The molecule has 0 spiro atoms. The number of nitrogens with two attached hydrogens (primary N) is 1. The normalized spacial score (nSPS) is 31.2. The fourth-order valence-corrected chi connectivity index (χ4v) is 12.2. The number of phenolic OH excluding ortho intramolecular Hbond substituents is 1. The smallest absolute Gasteiger partial charge is 0.411 e. The maximum absolute atomic E-state index is 15.3. The standard InChI is InChI=1S/C45H50N4O12S4/c1-7-46-30-23-58-34(21-33(30)56-3)61-39-41(53)45(62-5,40(52)38-36-26(15-18-47-38)27-20-25(50)13-14-29(27)48-36)24(2)59-42(39)60-32-12-10-8-9-11-17-44(55)22-31(51)37(49-43(54)57-4)35(32)28(44)16-19-64-65-63-6/h8-9,13-16,18,20,24,30,32-34,39,41-42,46,48,50,53,55H,7,19,21-23H2,1-6H3,(H,49,54)/p+1/b9-8-,28-16+/t24-,30+,32+,33+,34+,39-,41-,42+,44+,45-/m1/s1. The van der Waals surface area contributed by atoms with E-state index in [0.717, 1.165) is 25.4 Å². The zero-order valence-corrected chi connectivity index (χ0v) is 39.7. The highest BCUT2D eigenvalue weighted by molar-refractivity contribution is 9.09. The van der Waals surface area contributed by atoms with Crippen molar-refractivity contribution in [1.82, 2.24) is 15.3 Å². The van der Waals surface area contributed by atoms with Crippen LogP contribution in [0.1, 0.15) is 37.2 Å². The van der Waals surface area contributed by atoms with Crippen molar-refractivity contribution in [2.24, 2.45) is 0 Å². The quantitative estimate of drug-likeness (QED) is 0.0552. The van der Waals surface area contributed by atoms with Gasteiger partial charge in [0.05, 0.1) is 37.4 Å². The van der Waals surface area contributed by atoms with Gasteiger partial charge in [0.2, 0.25) is 5.78 Å². The highest BCUT2D eigenvalue weighted by atomic mass is 33.5. The van der Waals surface area contributed by atoms with Crippen molar-refractivity contribution in [2.45, 2.75) is 86.2 Å². The molecule has 2 fully saturated rings. The molecule has 2 aliphatic carbocycles. The van der Waals surface area contributed by atoms with Gasteiger partial charge in [-0.05, 0) is 72.6 Å². The molecule has 1 amide bonds. The van der Waals surface area contributed by atoms with Crippen LogP contribution in [0.2, 0.25) is 0 Å². The van der Waals surface area contributed by atoms with Gasteiger partial charge in [-0.3, -0.25) is 19.9 Å². The second kappa shape index (κ2) is 21.3. The van der Waals surface area contributed by atoms with E-state index in [-0.39, 0.29) is 53.5 Å². The minimum atomic E-state index is -2.04. The molecule has 4 heterocycles. The number of hydrogen-bond acceptors (Lipinski definition) is 17. The number of H-pyrrole nitrogens is 1. The fourth-order valence-electron chi connectivity index (χ4n) is 8.70. The number of hydrogen-bond donors (Lipinski definition) is 6. The molecular weight excluding hydrogens is 917 g/mol. The van der Waals surface area contributed by atoms with Crippen LogP contribution in [0.3, 0.4) is 0 Å². The van der Waals surface area contributed by atoms with E-state index in [2.05, 4.69) is 44.3 Å². The molecule has 2 aliphatic heterocycles. The molecule has 2 aromatic heterocycles. The first-order chi connectivity index (χ1) is 31.3. The number of methoxy groups -OCH3 is 2. The summed E-state index contributed by atoms with van der Waals surface area (Å²) in [5.41, 5.74) is -1.03. The van der Waals surface area contributed by atoms with Crippen LogP contribution in [-0.4, -0.2) is 148 Å². The maximum Gasteiger partial charge on any atom is 0.411 e. The average molecular weight is 968 g/mol. The van der Waals surface area contributed by atoms with E-state index in [4.69, 9.17) is 28.4 Å². The van der Waals surface area contributed by atoms with E-state index in [1.165, 1.54) is 55.8 Å². The second-order valence-electron chi connectivity index (χ2n) is 15.4. The number of quaternary nitrogens is 1. The van der Waals surface area contributed by atoms with Crippen LogP contribution < -0.4 is 10.6 Å². The first kappa shape index (κ1) is 48.9. The van der Waals surface area contributed by atoms with Crippen molar-refractivity contribution < 1.29 is 63.4 Å². The van der Waals surface area contributed by atoms with Crippen molar-refractivity contribution in [1.29, 1.82) is 0 Å². The van der Waals surface area contributed by atoms with E-state index >= 15 is 4.79 Å². The lowest BCUT2D eigenvalue weighted by Crippen LogP contribution is -2.94. The van der Waals surface area contributed by atoms with Gasteiger partial charge >= 0.3 is 6.09 Å². The second-order valence-corrected chi connectivity index (χ2v) is 20.9. The summed E-state index contributed by atoms with van der Waals surface area (Å²) in [6.07, 6.45) is -0.0762. The van der Waals surface area contributed by atoms with Crippen LogP contribution in [0.4, 0.5) is 4.79 Å². The van der Waals surface area contributed by atoms with E-state index in [1.54, 1.807) is 44.6 Å². The van der Waals surface area contributed by atoms with Gasteiger partial charge in [0.1, 0.15) is 53.3 Å². The monoisotopic (exact) mass is 967 g/mol. The Kier molecular flexibility index (Phi) is 16.0. The number of fused-ring (bicyclic) bond motifs is 5. The van der Waals surface area contributed by atoms with Crippen LogP contribution in [0, 0.1) is 23.7 Å². The predicted molar refractivity (Wildman–Crippen MR) is 251 cm³/mol. The number of aromatic nitrogens is 2. The van der Waals surface area contributed by atoms with Gasteiger partial charge in [-0.1, -0.05) is 51.3 Å². The number of carbonyl (C=O) groups is 3. The number of phenols is 1. The summed E-state index contributed by atoms with van der Waals surface area (Å²) in [4.78, 5) is 50.0. The van der Waals surface area contributed by atoms with E-state index in [1.807, 2.05) is 13.2 Å². The molecule has 2 saturated heterocycles. The van der Waals surface area contributed by atoms with Gasteiger partial charge in [0.15, 0.2) is 24.0 Å². The van der Waals surface area contributed by atoms with Crippen LogP contribution in [0.15, 0.2) is 65.5 Å². The number of pyridine rings is 1. The summed E-state index contributed by atoms with van der Waals surface area (Å²) in [6.45, 7) is 4.69. The number of thioether (sulfide) groups is 1. The zero-order valence-electron chi connectivity index (χ0n) is 36.4. The lowest BCUT2D eigenvalue weighted by molar-refractivity contribution is -0.700. The molecule has 3 aromatic rings. The molecule has 7 N–H and O–H groups in total. The fraction of sp³-hybridized carbons (Fsp3) is 0.467. The van der Waals surface area contributed by atoms with Crippen molar-refractivity contribution in [3.8, 4) is 29.4 Å². The SMILES string of the molecule is CC[NH2+][C@H]1CO[C@@H](O[C@H]2[C@H](O[C@H]3C#C/C=C\C#C[C@]4(O)CC(=O)C(NC(=O)OC)=C3/C4=C\CSSSC)O[C@H](C)[C@@](SC)(C(=O)c3nccc4c3[nH]c3ccc(O)cc34)[C@@H]2O)C[C@@H]1OC. The van der Waals surface area contributed by atoms with E-state index in [9.17, 15) is 24.9 Å². The van der Waals surface area contributed by atoms with Crippen LogP contribution in [0.25, 0.3) is 21.8 Å². The minimum Gasteiger partial charge on any atom is -0.508 e. The Bertz CT molecular complexity index is 2530. The van der Waals surface area contributed by atoms with Gasteiger partial charge in [-0.2, -0.15) is 0 Å². The first-order valence-corrected chi connectivity index (χ1v) is 26.0. The lowest BCUT2D eigenvalue weighted by atomic mass is 9.75. The maximum atomic E-state index is 15.3. The number of Topliss-reactive ketones (excluding diaryl/α,β-unsaturated/α-hetero) is 2. The number of nitrogens with zero attached hydrogens (tertiary/aromatic N) is 1. The number of ketones is 2. The Balaban J connectivity index is 1.35. The van der Waals surface area contributed by atoms with Gasteiger partial charge < -0.3 is 54.0 Å². The number of nitrogens with one attached hydrogen (secondary N) is 2. The molecule has 2 bridgehead atoms. The number of rotatable bonds is 15. The molecule has 4 aliphatic rings. The van der Waals surface area contributed by atoms with Crippen molar-refractivity contribution in [3.63, 3.8) is 0 Å². The third kappa shape index (κ3) is 9.87. The summed E-state index contributed by atoms with van der Waals surface area (Å²) in [5.74, 6) is 10.7. The minimum absolute atomic E-state index is 0.00434. The van der Waals surface area contributed by atoms with E-state index in [0.29, 0.717) is 27.6 Å². The van der Waals surface area contributed by atoms with Gasteiger partial charge in [0, 0.05) is 52.9 Å². The van der Waals surface area contributed by atoms with Gasteiger partial charge in [0.25, 0.3) is 0 Å². The molecule has 346 valence electrons. The van der Waals surface area contributed by atoms with Gasteiger partial charge in [-0.15, -0.1) is 11.8 Å². The van der Waals surface area contributed by atoms with Crippen molar-refractivity contribution >= 4 is 82.6 Å². The number of benzene rings is 1. The van der Waals surface area contributed by atoms with Crippen LogP contribution in [0.5, 0.6) is 5.75 Å². The molecule has 0 unspecified atom stereocenters. The summed E-state index contributed by atoms with van der Waals surface area (Å²) in [5, 5.41) is 41.4. The number of allylic oxidation sites excluding steroid dienone is 3. The van der Waals surface area contributed by atoms with Crippen LogP contribution >= 0.6 is 43.2 Å². The van der Waals surface area contributed by atoms with E-state index < -0.39 is 71.4 Å². The molecular formula is C45H51N4O12S4+. The number of aliphatic hydroxyl groups excluding tert-OH is 1. The molecule has 1 aromatic carbocycles. The Morgan fingerprint density at radius 3 is 2.69 bits per heavy atom. The highest BCUT2D eigenvalue weighted by Crippen LogP contribution is 2.46. The summed E-state index contributed by atoms with van der Waals surface area (Å²) in [7, 11) is 7.26. The Labute approximate surface area is 391 Å². The van der Waals surface area contributed by atoms with Gasteiger partial charge in [-0.25, -0.2) is 4.79 Å².